The molecule has 2 aromatic carbocycles. The summed E-state index contributed by atoms with van der Waals surface area (Å²) in [4.78, 5) is 36.6. The molecule has 0 radical (unpaired) electrons. The van der Waals surface area contributed by atoms with Crippen molar-refractivity contribution in [1.29, 1.82) is 0 Å². The number of aromatic nitrogens is 2. The van der Waals surface area contributed by atoms with Gasteiger partial charge in [-0.1, -0.05) is 68.0 Å². The Labute approximate surface area is 211 Å². The van der Waals surface area contributed by atoms with Gasteiger partial charge in [0.2, 0.25) is 0 Å². The minimum atomic E-state index is -0.840. The number of aliphatic hydroxyl groups excluding tert-OH is 1. The number of carbonyl (C=O) groups is 2. The predicted molar refractivity (Wildman–Crippen MR) is 139 cm³/mol. The molecule has 176 valence electrons. The van der Waals surface area contributed by atoms with Crippen molar-refractivity contribution in [2.45, 2.75) is 32.2 Å². The average Bonchev–Trinajstić information content (AvgIpc) is 3.36. The Morgan fingerprint density at radius 3 is 2.37 bits per heavy atom. The van der Waals surface area contributed by atoms with E-state index >= 15 is 0 Å². The lowest BCUT2D eigenvalue weighted by Gasteiger charge is -2.24. The molecule has 1 aliphatic rings. The average molecular weight is 504 g/mol. The van der Waals surface area contributed by atoms with E-state index in [2.05, 4.69) is 30.7 Å². The molecule has 2 aromatic heterocycles. The zero-order valence-electron chi connectivity index (χ0n) is 19.3. The standard InChI is InChI=1S/C27H22ClN3O3S/c1-27(2,3)17-6-4-15(5-7-17)22-21(23(32)16-10-12-29-13-11-16)24(33)25(34)31(22)26-30-19-9-8-18(28)14-20(19)35-26/h4-14,22,32H,1-3H3/b23-21+. The Kier molecular flexibility index (Phi) is 5.69. The maximum Gasteiger partial charge on any atom is 0.301 e. The Balaban J connectivity index is 1.72. The molecule has 0 spiro atoms. The lowest BCUT2D eigenvalue weighted by Crippen LogP contribution is -2.29. The summed E-state index contributed by atoms with van der Waals surface area (Å²) in [6.07, 6.45) is 3.05. The Morgan fingerprint density at radius 1 is 1.03 bits per heavy atom. The summed E-state index contributed by atoms with van der Waals surface area (Å²) in [7, 11) is 0. The quantitative estimate of drug-likeness (QED) is 0.202. The number of halogens is 1. The van der Waals surface area contributed by atoms with E-state index in [4.69, 9.17) is 11.6 Å². The predicted octanol–water partition coefficient (Wildman–Crippen LogP) is 6.27. The van der Waals surface area contributed by atoms with Crippen LogP contribution in [0, 0.1) is 0 Å². The van der Waals surface area contributed by atoms with Gasteiger partial charge in [-0.2, -0.15) is 0 Å². The normalized spacial score (nSPS) is 17.9. The van der Waals surface area contributed by atoms with Gasteiger partial charge in [0.25, 0.3) is 5.78 Å². The van der Waals surface area contributed by atoms with Gasteiger partial charge in [-0.3, -0.25) is 19.5 Å². The number of aliphatic hydroxyl groups is 1. The summed E-state index contributed by atoms with van der Waals surface area (Å²) in [5.41, 5.74) is 2.84. The molecular weight excluding hydrogens is 482 g/mol. The van der Waals surface area contributed by atoms with E-state index in [-0.39, 0.29) is 16.7 Å². The van der Waals surface area contributed by atoms with Gasteiger partial charge in [0.1, 0.15) is 5.76 Å². The maximum atomic E-state index is 13.4. The molecule has 1 unspecified atom stereocenters. The molecule has 0 bridgehead atoms. The number of ketones is 1. The van der Waals surface area contributed by atoms with Crippen LogP contribution in [0.2, 0.25) is 5.02 Å². The fourth-order valence-electron chi connectivity index (χ4n) is 4.17. The number of anilines is 1. The minimum Gasteiger partial charge on any atom is -0.507 e. The third-order valence-electron chi connectivity index (χ3n) is 6.04. The summed E-state index contributed by atoms with van der Waals surface area (Å²) in [6, 6.07) is 15.4. The van der Waals surface area contributed by atoms with E-state index in [0.717, 1.165) is 10.3 Å². The first kappa shape index (κ1) is 23.2. The van der Waals surface area contributed by atoms with Gasteiger partial charge >= 0.3 is 5.91 Å². The van der Waals surface area contributed by atoms with Gasteiger partial charge in [0, 0.05) is 23.0 Å². The van der Waals surface area contributed by atoms with Gasteiger partial charge in [-0.05, 0) is 46.9 Å². The van der Waals surface area contributed by atoms with Crippen molar-refractivity contribution in [2.24, 2.45) is 0 Å². The first-order valence-corrected chi connectivity index (χ1v) is 12.2. The van der Waals surface area contributed by atoms with Gasteiger partial charge in [0.15, 0.2) is 5.13 Å². The summed E-state index contributed by atoms with van der Waals surface area (Å²) in [5.74, 6) is -1.75. The van der Waals surface area contributed by atoms with Crippen LogP contribution in [-0.2, 0) is 15.0 Å². The smallest absolute Gasteiger partial charge is 0.301 e. The topological polar surface area (TPSA) is 83.4 Å². The molecular formula is C27H22ClN3O3S. The van der Waals surface area contributed by atoms with Gasteiger partial charge < -0.3 is 5.11 Å². The van der Waals surface area contributed by atoms with Crippen LogP contribution in [0.5, 0.6) is 0 Å². The molecule has 4 aromatic rings. The molecule has 1 fully saturated rings. The number of rotatable bonds is 3. The molecule has 6 nitrogen and oxygen atoms in total. The van der Waals surface area contributed by atoms with Crippen molar-refractivity contribution in [3.8, 4) is 0 Å². The molecule has 5 rings (SSSR count). The zero-order chi connectivity index (χ0) is 24.9. The molecule has 1 amide bonds. The summed E-state index contributed by atoms with van der Waals surface area (Å²) in [5, 5.41) is 12.1. The van der Waals surface area contributed by atoms with Crippen LogP contribution in [0.25, 0.3) is 16.0 Å². The van der Waals surface area contributed by atoms with Crippen LogP contribution in [0.15, 0.2) is 72.6 Å². The fourth-order valence-corrected chi connectivity index (χ4v) is 5.43. The van der Waals surface area contributed by atoms with Gasteiger partial charge in [-0.25, -0.2) is 4.98 Å². The second-order valence-corrected chi connectivity index (χ2v) is 10.8. The van der Waals surface area contributed by atoms with E-state index in [9.17, 15) is 14.7 Å². The molecule has 1 aliphatic heterocycles. The van der Waals surface area contributed by atoms with E-state index in [0.29, 0.717) is 26.8 Å². The van der Waals surface area contributed by atoms with Crippen molar-refractivity contribution in [3.63, 3.8) is 0 Å². The second kappa shape index (κ2) is 8.59. The summed E-state index contributed by atoms with van der Waals surface area (Å²) < 4.78 is 0.797. The molecule has 1 atom stereocenters. The number of nitrogens with zero attached hydrogens (tertiary/aromatic N) is 3. The number of amides is 1. The first-order chi connectivity index (χ1) is 16.6. The SMILES string of the molecule is CC(C)(C)c1ccc(C2/C(=C(\O)c3ccncc3)C(=O)C(=O)N2c2nc3ccc(Cl)cc3s2)cc1. The van der Waals surface area contributed by atoms with Crippen molar-refractivity contribution < 1.29 is 14.7 Å². The molecule has 8 heteroatoms. The number of benzene rings is 2. The molecule has 35 heavy (non-hydrogen) atoms. The number of hydrogen-bond acceptors (Lipinski definition) is 6. The Morgan fingerprint density at radius 2 is 1.71 bits per heavy atom. The number of thiazole rings is 1. The van der Waals surface area contributed by atoms with Crippen LogP contribution < -0.4 is 4.90 Å². The maximum absolute atomic E-state index is 13.4. The van der Waals surface area contributed by atoms with Crippen molar-refractivity contribution in [3.05, 3.63) is 94.3 Å². The summed E-state index contributed by atoms with van der Waals surface area (Å²) >= 11 is 7.42. The monoisotopic (exact) mass is 503 g/mol. The lowest BCUT2D eigenvalue weighted by molar-refractivity contribution is -0.132. The minimum absolute atomic E-state index is 0.0157. The fraction of sp³-hybridized carbons (Fsp3) is 0.185. The number of Topliss-reactive ketones (excluding diaryl/α,β-unsaturated/α-hetero) is 1. The largest absolute Gasteiger partial charge is 0.507 e. The Hall–Kier alpha value is -3.55. The van der Waals surface area contributed by atoms with Crippen molar-refractivity contribution in [2.75, 3.05) is 4.90 Å². The van der Waals surface area contributed by atoms with Gasteiger partial charge in [0.05, 0.1) is 21.8 Å². The van der Waals surface area contributed by atoms with E-state index < -0.39 is 17.7 Å². The van der Waals surface area contributed by atoms with Gasteiger partial charge in [-0.15, -0.1) is 0 Å². The Bertz CT molecular complexity index is 1490. The number of fused-ring (bicyclic) bond motifs is 1. The highest BCUT2D eigenvalue weighted by Crippen LogP contribution is 2.44. The molecule has 3 heterocycles. The first-order valence-electron chi connectivity index (χ1n) is 11.0. The van der Waals surface area contributed by atoms with Crippen LogP contribution >= 0.6 is 22.9 Å². The van der Waals surface area contributed by atoms with E-state index in [1.165, 1.54) is 28.6 Å². The van der Waals surface area contributed by atoms with Crippen LogP contribution in [0.4, 0.5) is 5.13 Å². The van der Waals surface area contributed by atoms with E-state index in [1.54, 1.807) is 30.3 Å². The summed E-state index contributed by atoms with van der Waals surface area (Å²) in [6.45, 7) is 6.34. The van der Waals surface area contributed by atoms with Crippen LogP contribution in [0.3, 0.4) is 0 Å². The highest BCUT2D eigenvalue weighted by Gasteiger charge is 2.48. The number of carbonyl (C=O) groups excluding carboxylic acids is 2. The zero-order valence-corrected chi connectivity index (χ0v) is 20.9. The van der Waals surface area contributed by atoms with E-state index in [1.807, 2.05) is 24.3 Å². The lowest BCUT2D eigenvalue weighted by atomic mass is 9.85. The number of hydrogen-bond donors (Lipinski definition) is 1. The van der Waals surface area contributed by atoms with Crippen LogP contribution in [0.1, 0.15) is 43.5 Å². The molecule has 1 N–H and O–H groups in total. The third kappa shape index (κ3) is 4.11. The molecule has 0 aliphatic carbocycles. The van der Waals surface area contributed by atoms with Crippen molar-refractivity contribution >= 4 is 55.7 Å². The third-order valence-corrected chi connectivity index (χ3v) is 7.29. The molecule has 0 saturated carbocycles. The van der Waals surface area contributed by atoms with Crippen LogP contribution in [-0.4, -0.2) is 26.8 Å². The highest BCUT2D eigenvalue weighted by atomic mass is 35.5. The van der Waals surface area contributed by atoms with Crippen molar-refractivity contribution in [1.82, 2.24) is 9.97 Å². The molecule has 1 saturated heterocycles. The second-order valence-electron chi connectivity index (χ2n) is 9.39. The highest BCUT2D eigenvalue weighted by molar-refractivity contribution is 7.22. The number of pyridine rings is 1.